The van der Waals surface area contributed by atoms with E-state index in [0.29, 0.717) is 0 Å². The average Bonchev–Trinajstić information content (AvgIpc) is 2.34. The van der Waals surface area contributed by atoms with Gasteiger partial charge >= 0.3 is 0 Å². The van der Waals surface area contributed by atoms with Gasteiger partial charge in [0.15, 0.2) is 0 Å². The zero-order valence-electron chi connectivity index (χ0n) is 5.80. The standard InChI is InChI=1S/C7H10FNO/c1-2-6(9)5-3-7(8)10-4-5/h3-4,6H,2,9H2,1H3. The van der Waals surface area contributed by atoms with Gasteiger partial charge in [0, 0.05) is 17.7 Å². The fourth-order valence-electron chi connectivity index (χ4n) is 0.754. The molecule has 0 spiro atoms. The maximum Gasteiger partial charge on any atom is 0.277 e. The molecule has 10 heavy (non-hydrogen) atoms. The highest BCUT2D eigenvalue weighted by atomic mass is 19.1. The van der Waals surface area contributed by atoms with Crippen LogP contribution in [0.1, 0.15) is 24.9 Å². The summed E-state index contributed by atoms with van der Waals surface area (Å²) >= 11 is 0. The molecule has 0 saturated carbocycles. The monoisotopic (exact) mass is 143 g/mol. The van der Waals surface area contributed by atoms with Gasteiger partial charge in [0.2, 0.25) is 0 Å². The first-order valence-electron chi connectivity index (χ1n) is 3.23. The van der Waals surface area contributed by atoms with Crippen molar-refractivity contribution >= 4 is 0 Å². The molecule has 0 radical (unpaired) electrons. The number of furan rings is 1. The molecule has 56 valence electrons. The van der Waals surface area contributed by atoms with E-state index in [2.05, 4.69) is 4.42 Å². The summed E-state index contributed by atoms with van der Waals surface area (Å²) in [6.45, 7) is 1.94. The van der Waals surface area contributed by atoms with E-state index in [0.717, 1.165) is 12.0 Å². The summed E-state index contributed by atoms with van der Waals surface area (Å²) in [6, 6.07) is 0.640. The molecule has 0 aliphatic carbocycles. The molecule has 1 aromatic rings. The van der Waals surface area contributed by atoms with Crippen LogP contribution >= 0.6 is 0 Å². The lowest BCUT2D eigenvalue weighted by Crippen LogP contribution is -2.06. The first kappa shape index (κ1) is 7.28. The lowest BCUT2D eigenvalue weighted by Gasteiger charge is -2.02. The normalized spacial score (nSPS) is 13.5. The summed E-state index contributed by atoms with van der Waals surface area (Å²) in [5.41, 5.74) is 6.30. The van der Waals surface area contributed by atoms with Crippen molar-refractivity contribution in [1.29, 1.82) is 0 Å². The predicted molar refractivity (Wildman–Crippen MR) is 35.9 cm³/mol. The number of rotatable bonds is 2. The van der Waals surface area contributed by atoms with E-state index in [1.54, 1.807) is 0 Å². The van der Waals surface area contributed by atoms with Crippen LogP contribution in [0.4, 0.5) is 4.39 Å². The number of halogens is 1. The Morgan fingerprint density at radius 3 is 2.90 bits per heavy atom. The number of hydrogen-bond acceptors (Lipinski definition) is 2. The summed E-state index contributed by atoms with van der Waals surface area (Å²) in [6.07, 6.45) is 2.14. The minimum atomic E-state index is -0.570. The third-order valence-corrected chi connectivity index (χ3v) is 1.46. The van der Waals surface area contributed by atoms with E-state index in [1.807, 2.05) is 6.92 Å². The lowest BCUT2D eigenvalue weighted by atomic mass is 10.1. The van der Waals surface area contributed by atoms with Gasteiger partial charge in [-0.3, -0.25) is 0 Å². The van der Waals surface area contributed by atoms with Crippen LogP contribution in [0.25, 0.3) is 0 Å². The third kappa shape index (κ3) is 1.36. The second-order valence-corrected chi connectivity index (χ2v) is 2.20. The third-order valence-electron chi connectivity index (χ3n) is 1.46. The van der Waals surface area contributed by atoms with Gasteiger partial charge in [-0.05, 0) is 6.42 Å². The highest BCUT2D eigenvalue weighted by Crippen LogP contribution is 2.15. The maximum atomic E-state index is 12.2. The zero-order chi connectivity index (χ0) is 7.56. The second kappa shape index (κ2) is 2.84. The van der Waals surface area contributed by atoms with Gasteiger partial charge < -0.3 is 10.2 Å². The van der Waals surface area contributed by atoms with Gasteiger partial charge in [0.1, 0.15) is 0 Å². The Bertz CT molecular complexity index is 209. The largest absolute Gasteiger partial charge is 0.439 e. The Morgan fingerprint density at radius 2 is 2.50 bits per heavy atom. The van der Waals surface area contributed by atoms with Crippen molar-refractivity contribution in [3.05, 3.63) is 23.9 Å². The van der Waals surface area contributed by atoms with E-state index in [1.165, 1.54) is 12.3 Å². The maximum absolute atomic E-state index is 12.2. The Hall–Kier alpha value is -0.830. The van der Waals surface area contributed by atoms with Crippen LogP contribution in [0.3, 0.4) is 0 Å². The van der Waals surface area contributed by atoms with Crippen LogP contribution in [-0.2, 0) is 0 Å². The summed E-state index contributed by atoms with van der Waals surface area (Å²) in [4.78, 5) is 0. The summed E-state index contributed by atoms with van der Waals surface area (Å²) < 4.78 is 16.6. The zero-order valence-corrected chi connectivity index (χ0v) is 5.80. The predicted octanol–water partition coefficient (Wildman–Crippen LogP) is 1.83. The Morgan fingerprint density at radius 1 is 1.80 bits per heavy atom. The highest BCUT2D eigenvalue weighted by Gasteiger charge is 2.06. The van der Waals surface area contributed by atoms with Gasteiger partial charge in [-0.25, -0.2) is 0 Å². The van der Waals surface area contributed by atoms with Gasteiger partial charge in [-0.15, -0.1) is 0 Å². The van der Waals surface area contributed by atoms with Crippen molar-refractivity contribution in [3.63, 3.8) is 0 Å². The fraction of sp³-hybridized carbons (Fsp3) is 0.429. The van der Waals surface area contributed by atoms with Crippen molar-refractivity contribution < 1.29 is 8.81 Å². The first-order chi connectivity index (χ1) is 4.74. The van der Waals surface area contributed by atoms with Crippen LogP contribution in [0.5, 0.6) is 0 Å². The van der Waals surface area contributed by atoms with Crippen molar-refractivity contribution in [3.8, 4) is 0 Å². The highest BCUT2D eigenvalue weighted by molar-refractivity contribution is 5.11. The van der Waals surface area contributed by atoms with Gasteiger partial charge in [-0.2, -0.15) is 4.39 Å². The molecule has 0 aliphatic rings. The topological polar surface area (TPSA) is 39.2 Å². The van der Waals surface area contributed by atoms with Gasteiger partial charge in [-0.1, -0.05) is 6.92 Å². The number of nitrogens with two attached hydrogens (primary N) is 1. The van der Waals surface area contributed by atoms with Crippen molar-refractivity contribution in [2.45, 2.75) is 19.4 Å². The van der Waals surface area contributed by atoms with E-state index in [4.69, 9.17) is 5.73 Å². The molecule has 0 saturated heterocycles. The molecule has 1 heterocycles. The van der Waals surface area contributed by atoms with Crippen LogP contribution in [0.2, 0.25) is 0 Å². The average molecular weight is 143 g/mol. The lowest BCUT2D eigenvalue weighted by molar-refractivity contribution is 0.358. The molecule has 1 aromatic heterocycles. The van der Waals surface area contributed by atoms with Crippen molar-refractivity contribution in [1.82, 2.24) is 0 Å². The molecule has 0 aliphatic heterocycles. The van der Waals surface area contributed by atoms with Crippen LogP contribution in [0.15, 0.2) is 16.7 Å². The molecule has 2 N–H and O–H groups in total. The smallest absolute Gasteiger partial charge is 0.277 e. The van der Waals surface area contributed by atoms with Crippen LogP contribution < -0.4 is 5.73 Å². The SMILES string of the molecule is CCC(N)c1coc(F)c1. The molecule has 0 fully saturated rings. The quantitative estimate of drug-likeness (QED) is 0.685. The Labute approximate surface area is 58.8 Å². The van der Waals surface area contributed by atoms with E-state index in [9.17, 15) is 4.39 Å². The van der Waals surface area contributed by atoms with Crippen LogP contribution in [0, 0.1) is 6.01 Å². The Balaban J connectivity index is 2.74. The summed E-state index contributed by atoms with van der Waals surface area (Å²) in [5.74, 6) is 0. The second-order valence-electron chi connectivity index (χ2n) is 2.20. The number of hydrogen-bond donors (Lipinski definition) is 1. The summed E-state index contributed by atoms with van der Waals surface area (Å²) in [7, 11) is 0. The molecule has 0 bridgehead atoms. The molecule has 1 atom stereocenters. The molecule has 1 unspecified atom stereocenters. The van der Waals surface area contributed by atoms with Crippen molar-refractivity contribution in [2.24, 2.45) is 5.73 Å². The Kier molecular flexibility index (Phi) is 2.06. The minimum absolute atomic E-state index is 0.103. The minimum Gasteiger partial charge on any atom is -0.439 e. The van der Waals surface area contributed by atoms with Crippen molar-refractivity contribution in [2.75, 3.05) is 0 Å². The van der Waals surface area contributed by atoms with Gasteiger partial charge in [0.05, 0.1) is 6.26 Å². The van der Waals surface area contributed by atoms with Gasteiger partial charge in [0.25, 0.3) is 6.01 Å². The summed E-state index contributed by atoms with van der Waals surface area (Å²) in [5, 5.41) is 0. The van der Waals surface area contributed by atoms with Crippen LogP contribution in [-0.4, -0.2) is 0 Å². The van der Waals surface area contributed by atoms with E-state index < -0.39 is 6.01 Å². The molecule has 0 aromatic carbocycles. The molecule has 1 rings (SSSR count). The molecule has 3 heteroatoms. The molecular formula is C7H10FNO. The molecule has 2 nitrogen and oxygen atoms in total. The van der Waals surface area contributed by atoms with E-state index in [-0.39, 0.29) is 6.04 Å². The first-order valence-corrected chi connectivity index (χ1v) is 3.23. The van der Waals surface area contributed by atoms with E-state index >= 15 is 0 Å². The molecule has 0 amide bonds. The molecular weight excluding hydrogens is 133 g/mol. The fourth-order valence-corrected chi connectivity index (χ4v) is 0.754.